The Morgan fingerprint density at radius 3 is 2.29 bits per heavy atom. The molecule has 3 fully saturated rings. The number of piperidine rings is 1. The predicted octanol–water partition coefficient (Wildman–Crippen LogP) is 2.86. The van der Waals surface area contributed by atoms with Crippen molar-refractivity contribution in [2.45, 2.75) is 99.5 Å². The zero-order valence-electron chi connectivity index (χ0n) is 37.4. The van der Waals surface area contributed by atoms with Crippen LogP contribution in [-0.4, -0.2) is 150 Å². The van der Waals surface area contributed by atoms with Gasteiger partial charge in [-0.25, -0.2) is 4.79 Å². The molecule has 1 saturated carbocycles. The van der Waals surface area contributed by atoms with Crippen LogP contribution < -0.4 is 9.64 Å². The van der Waals surface area contributed by atoms with E-state index in [-0.39, 0.29) is 12.3 Å². The van der Waals surface area contributed by atoms with Crippen molar-refractivity contribution in [3.05, 3.63) is 70.9 Å². The van der Waals surface area contributed by atoms with Gasteiger partial charge in [-0.05, 0) is 74.2 Å². The van der Waals surface area contributed by atoms with Crippen LogP contribution in [0.2, 0.25) is 0 Å². The summed E-state index contributed by atoms with van der Waals surface area (Å²) in [5, 5.41) is 26.3. The molecule has 1 aliphatic carbocycles. The van der Waals surface area contributed by atoms with Gasteiger partial charge in [0.05, 0.1) is 38.7 Å². The summed E-state index contributed by atoms with van der Waals surface area (Å²) in [5.74, 6) is -2.06. The fourth-order valence-corrected chi connectivity index (χ4v) is 13.4. The molecule has 65 heavy (non-hydrogen) atoms. The number of aromatic nitrogens is 1. The number of carbonyl (C=O) groups excluding carboxylic acids is 4. The van der Waals surface area contributed by atoms with E-state index < -0.39 is 73.9 Å². The number of H-pyrrole nitrogens is 1. The summed E-state index contributed by atoms with van der Waals surface area (Å²) in [7, 11) is -0.577. The SMILES string of the molecule is CCC1(O)CC2CN(CCc3c([nH]c4ccccc34)C(C(=O)OC)(c3cc4c(cc3OC)N(C=O)C3C(O)(C(=O)OC)C(OC(C)=O)C5(CC)C=CCN6CCC43C65)C2)C1.O=S(=O)(O)O. The van der Waals surface area contributed by atoms with E-state index in [1.807, 2.05) is 50.3 Å². The standard InChI is InChI=1S/C46H56N4O10.H2O4S/c1-7-42(55)22-28-23-45(40(53)58-5,36-30(14-18-48(24-28)25-42)29-12-9-10-13-33(29)47-36)32-20-31-34(21-35(32)57-4)50(26-51)38-44(31)16-19-49-17-11-15-43(8-2,37(44)49)39(60-27(3)52)46(38,56)41(54)59-6;1-5(2,3)4/h9-13,15,20-21,26,28,37-39,47,55-56H,7-8,14,16-19,22-25H2,1-6H3;(H2,1,2,3,4). The summed E-state index contributed by atoms with van der Waals surface area (Å²) in [6.45, 7) is 8.16. The molecule has 2 bridgehead atoms. The Bertz CT molecular complexity index is 2560. The second-order valence-corrected chi connectivity index (χ2v) is 19.4. The van der Waals surface area contributed by atoms with Crippen LogP contribution in [0.3, 0.4) is 0 Å². The lowest BCUT2D eigenvalue weighted by atomic mass is 9.47. The van der Waals surface area contributed by atoms with E-state index in [9.17, 15) is 24.6 Å². The third-order valence-corrected chi connectivity index (χ3v) is 15.5. The Morgan fingerprint density at radius 1 is 0.954 bits per heavy atom. The molecule has 18 nitrogen and oxygen atoms in total. The molecule has 6 aliphatic rings. The number of ether oxygens (including phenoxy) is 4. The molecule has 352 valence electrons. The highest BCUT2D eigenvalue weighted by atomic mass is 32.3. The maximum atomic E-state index is 15.3. The average Bonchev–Trinajstić information content (AvgIpc) is 3.95. The minimum absolute atomic E-state index is 0.155. The second-order valence-electron chi connectivity index (χ2n) is 18.6. The number of esters is 3. The largest absolute Gasteiger partial charge is 0.496 e. The number of anilines is 1. The lowest BCUT2D eigenvalue weighted by Crippen LogP contribution is -2.81. The van der Waals surface area contributed by atoms with E-state index in [0.717, 1.165) is 16.5 Å². The van der Waals surface area contributed by atoms with Gasteiger partial charge in [0.15, 0.2) is 6.10 Å². The number of para-hydroxylation sites is 1. The van der Waals surface area contributed by atoms with Crippen molar-refractivity contribution in [1.82, 2.24) is 14.8 Å². The summed E-state index contributed by atoms with van der Waals surface area (Å²) >= 11 is 0. The average molecular weight is 923 g/mol. The molecule has 6 heterocycles. The van der Waals surface area contributed by atoms with Gasteiger partial charge in [-0.2, -0.15) is 8.42 Å². The number of aliphatic hydroxyl groups is 2. The Kier molecular flexibility index (Phi) is 11.8. The first-order valence-electron chi connectivity index (χ1n) is 22.0. The van der Waals surface area contributed by atoms with E-state index in [0.29, 0.717) is 99.5 Å². The number of carbonyl (C=O) groups is 4. The van der Waals surface area contributed by atoms with Crippen LogP contribution >= 0.6 is 0 Å². The van der Waals surface area contributed by atoms with E-state index in [4.69, 9.17) is 36.5 Å². The second kappa shape index (κ2) is 16.5. The van der Waals surface area contributed by atoms with Crippen LogP contribution in [0.25, 0.3) is 10.9 Å². The number of rotatable bonds is 8. The van der Waals surface area contributed by atoms with Gasteiger partial charge in [0, 0.05) is 78.2 Å². The van der Waals surface area contributed by atoms with E-state index >= 15 is 4.79 Å². The Hall–Kier alpha value is -4.89. The smallest absolute Gasteiger partial charge is 0.394 e. The van der Waals surface area contributed by atoms with E-state index in [1.165, 1.54) is 33.2 Å². The maximum absolute atomic E-state index is 15.3. The topological polar surface area (TPSA) is 246 Å². The number of hydrogen-bond acceptors (Lipinski definition) is 14. The first-order chi connectivity index (χ1) is 30.8. The van der Waals surface area contributed by atoms with Gasteiger partial charge in [-0.1, -0.05) is 44.2 Å². The molecule has 5 aliphatic heterocycles. The summed E-state index contributed by atoms with van der Waals surface area (Å²) < 4.78 is 55.3. The van der Waals surface area contributed by atoms with Gasteiger partial charge >= 0.3 is 28.3 Å². The van der Waals surface area contributed by atoms with Crippen LogP contribution in [0.1, 0.15) is 75.3 Å². The van der Waals surface area contributed by atoms with E-state index in [2.05, 4.69) is 20.9 Å². The number of hydrogen-bond donors (Lipinski definition) is 5. The number of nitrogens with zero attached hydrogens (tertiary/aromatic N) is 3. The lowest BCUT2D eigenvalue weighted by Gasteiger charge is -2.63. The number of aromatic amines is 1. The van der Waals surface area contributed by atoms with Gasteiger partial charge in [0.25, 0.3) is 0 Å². The molecule has 1 amide bonds. The summed E-state index contributed by atoms with van der Waals surface area (Å²) in [6, 6.07) is 9.97. The van der Waals surface area contributed by atoms with Gasteiger partial charge in [0.2, 0.25) is 12.0 Å². The van der Waals surface area contributed by atoms with Crippen LogP contribution in [0.15, 0.2) is 48.6 Å². The molecule has 5 N–H and O–H groups in total. The number of amides is 1. The van der Waals surface area contributed by atoms with Crippen molar-refractivity contribution in [3.63, 3.8) is 0 Å². The number of nitrogens with one attached hydrogen (secondary N) is 1. The predicted molar refractivity (Wildman–Crippen MR) is 235 cm³/mol. The van der Waals surface area contributed by atoms with Crippen molar-refractivity contribution < 1.29 is 65.9 Å². The fraction of sp³-hybridized carbons (Fsp3) is 0.565. The van der Waals surface area contributed by atoms with E-state index in [1.54, 1.807) is 6.07 Å². The van der Waals surface area contributed by atoms with Crippen molar-refractivity contribution in [1.29, 1.82) is 0 Å². The third-order valence-electron chi connectivity index (χ3n) is 15.5. The highest BCUT2D eigenvalue weighted by molar-refractivity contribution is 7.79. The maximum Gasteiger partial charge on any atom is 0.394 e. The monoisotopic (exact) mass is 922 g/mol. The molecule has 1 aromatic heterocycles. The minimum Gasteiger partial charge on any atom is -0.496 e. The molecule has 1 spiro atoms. The Labute approximate surface area is 377 Å². The zero-order chi connectivity index (χ0) is 47.1. The summed E-state index contributed by atoms with van der Waals surface area (Å²) in [4.78, 5) is 66.1. The van der Waals surface area contributed by atoms with Gasteiger partial charge in [-0.15, -0.1) is 0 Å². The fourth-order valence-electron chi connectivity index (χ4n) is 13.4. The first kappa shape index (κ1) is 46.6. The van der Waals surface area contributed by atoms with Crippen LogP contribution in [-0.2, 0) is 61.0 Å². The molecule has 19 heteroatoms. The van der Waals surface area contributed by atoms with Gasteiger partial charge in [-0.3, -0.25) is 33.3 Å². The van der Waals surface area contributed by atoms with Crippen molar-refractivity contribution >= 4 is 51.3 Å². The minimum atomic E-state index is -4.67. The molecule has 2 aromatic carbocycles. The van der Waals surface area contributed by atoms with Crippen LogP contribution in [0, 0.1) is 11.3 Å². The third kappa shape index (κ3) is 6.90. The highest BCUT2D eigenvalue weighted by Gasteiger charge is 2.81. The molecule has 9 rings (SSSR count). The number of fused-ring (bicyclic) bond motifs is 6. The Morgan fingerprint density at radius 2 is 1.66 bits per heavy atom. The summed E-state index contributed by atoms with van der Waals surface area (Å²) in [6.07, 6.45) is 5.83. The van der Waals surface area contributed by atoms with Gasteiger partial charge in [0.1, 0.15) is 11.2 Å². The van der Waals surface area contributed by atoms with Crippen LogP contribution in [0.5, 0.6) is 5.75 Å². The molecule has 10 atom stereocenters. The highest BCUT2D eigenvalue weighted by Crippen LogP contribution is 2.68. The normalized spacial score (nSPS) is 34.6. The lowest BCUT2D eigenvalue weighted by molar-refractivity contribution is -0.228. The quantitative estimate of drug-likeness (QED) is 0.0717. The molecule has 3 aromatic rings. The first-order valence-corrected chi connectivity index (χ1v) is 23.4. The van der Waals surface area contributed by atoms with Crippen molar-refractivity contribution in [3.8, 4) is 5.75 Å². The Balaban J connectivity index is 0.00000109. The summed E-state index contributed by atoms with van der Waals surface area (Å²) in [5.41, 5.74) is -3.15. The van der Waals surface area contributed by atoms with Crippen molar-refractivity contribution in [2.75, 3.05) is 59.0 Å². The zero-order valence-corrected chi connectivity index (χ0v) is 38.2. The number of methoxy groups -OCH3 is 3. The van der Waals surface area contributed by atoms with Crippen LogP contribution in [0.4, 0.5) is 5.69 Å². The number of benzene rings is 2. The molecular formula is C46H58N4O14S. The molecule has 10 unspecified atom stereocenters. The van der Waals surface area contributed by atoms with Crippen molar-refractivity contribution in [2.24, 2.45) is 11.3 Å². The molecule has 0 radical (unpaired) electrons. The van der Waals surface area contributed by atoms with Gasteiger partial charge < -0.3 is 39.0 Å². The molecule has 2 saturated heterocycles. The molecular weight excluding hydrogens is 865 g/mol.